The summed E-state index contributed by atoms with van der Waals surface area (Å²) in [4.78, 5) is 27.1. The van der Waals surface area contributed by atoms with E-state index in [-0.39, 0.29) is 11.5 Å². The molecule has 6 heteroatoms. The molecule has 1 N–H and O–H groups in total. The molecule has 0 aliphatic heterocycles. The van der Waals surface area contributed by atoms with Gasteiger partial charge in [-0.05, 0) is 60.5 Å². The molecule has 30 heavy (non-hydrogen) atoms. The van der Waals surface area contributed by atoms with Crippen molar-refractivity contribution in [1.29, 1.82) is 0 Å². The highest BCUT2D eigenvalue weighted by Gasteiger charge is 2.08. The number of para-hydroxylation sites is 1. The third kappa shape index (κ3) is 5.11. The van der Waals surface area contributed by atoms with E-state index < -0.39 is 5.97 Å². The van der Waals surface area contributed by atoms with Gasteiger partial charge >= 0.3 is 11.9 Å². The zero-order chi connectivity index (χ0) is 21.5. The molecule has 0 amide bonds. The van der Waals surface area contributed by atoms with Crippen molar-refractivity contribution in [3.63, 3.8) is 0 Å². The van der Waals surface area contributed by atoms with E-state index in [1.807, 2.05) is 31.2 Å². The quantitative estimate of drug-likeness (QED) is 0.452. The number of carboxylic acids is 1. The lowest BCUT2D eigenvalue weighted by Gasteiger charge is -2.09. The van der Waals surface area contributed by atoms with E-state index >= 15 is 0 Å². The van der Waals surface area contributed by atoms with Crippen molar-refractivity contribution in [3.05, 3.63) is 94.5 Å². The van der Waals surface area contributed by atoms with Gasteiger partial charge in [0, 0.05) is 11.8 Å². The Hall–Kier alpha value is -3.93. The van der Waals surface area contributed by atoms with Crippen LogP contribution in [0.5, 0.6) is 5.75 Å². The Kier molecular flexibility index (Phi) is 6.60. The molecule has 0 atom stereocenters. The number of methoxy groups -OCH3 is 1. The van der Waals surface area contributed by atoms with Gasteiger partial charge in [0.2, 0.25) is 0 Å². The van der Waals surface area contributed by atoms with Crippen molar-refractivity contribution in [3.8, 4) is 5.75 Å². The number of carbonyl (C=O) groups is 2. The summed E-state index contributed by atoms with van der Waals surface area (Å²) in [5.74, 6) is -0.685. The number of carboxylic acid groups (broad SMARTS) is 1. The van der Waals surface area contributed by atoms with Crippen molar-refractivity contribution < 1.29 is 24.2 Å². The summed E-state index contributed by atoms with van der Waals surface area (Å²) >= 11 is 0. The highest BCUT2D eigenvalue weighted by atomic mass is 16.5. The molecule has 0 spiro atoms. The van der Waals surface area contributed by atoms with E-state index in [0.717, 1.165) is 22.4 Å². The molecule has 0 heterocycles. The van der Waals surface area contributed by atoms with Crippen LogP contribution in [0.3, 0.4) is 0 Å². The largest absolute Gasteiger partial charge is 0.488 e. The number of rotatable bonds is 7. The Balaban J connectivity index is 1.73. The lowest BCUT2D eigenvalue weighted by atomic mass is 10.1. The smallest absolute Gasteiger partial charge is 0.337 e. The minimum Gasteiger partial charge on any atom is -0.488 e. The van der Waals surface area contributed by atoms with Gasteiger partial charge in [0.25, 0.3) is 0 Å². The average molecular weight is 403 g/mol. The van der Waals surface area contributed by atoms with Crippen molar-refractivity contribution in [1.82, 2.24) is 0 Å². The number of aryl methyl sites for hydroxylation is 1. The van der Waals surface area contributed by atoms with Gasteiger partial charge in [-0.1, -0.05) is 24.3 Å². The number of aliphatic imine (C=N–C) groups is 1. The summed E-state index contributed by atoms with van der Waals surface area (Å²) in [5, 5.41) is 8.98. The second kappa shape index (κ2) is 9.52. The molecule has 0 unspecified atom stereocenters. The van der Waals surface area contributed by atoms with Crippen LogP contribution in [-0.4, -0.2) is 30.4 Å². The van der Waals surface area contributed by atoms with Crippen molar-refractivity contribution in [2.75, 3.05) is 7.11 Å². The van der Waals surface area contributed by atoms with E-state index in [1.165, 1.54) is 7.11 Å². The van der Waals surface area contributed by atoms with Gasteiger partial charge in [-0.2, -0.15) is 0 Å². The fourth-order valence-corrected chi connectivity index (χ4v) is 2.81. The first-order valence-electron chi connectivity index (χ1n) is 9.25. The molecule has 0 fully saturated rings. The summed E-state index contributed by atoms with van der Waals surface area (Å²) in [5.41, 5.74) is 3.97. The molecular formula is C24H21NO5. The second-order valence-corrected chi connectivity index (χ2v) is 6.58. The molecule has 0 saturated heterocycles. The van der Waals surface area contributed by atoms with Crippen LogP contribution < -0.4 is 4.74 Å². The molecule has 0 aliphatic carbocycles. The van der Waals surface area contributed by atoms with E-state index in [4.69, 9.17) is 14.6 Å². The van der Waals surface area contributed by atoms with Crippen molar-refractivity contribution in [2.24, 2.45) is 4.99 Å². The van der Waals surface area contributed by atoms with E-state index in [0.29, 0.717) is 17.9 Å². The molecule has 0 aromatic heterocycles. The number of carbonyl (C=O) groups excluding carboxylic acids is 1. The third-order valence-electron chi connectivity index (χ3n) is 4.47. The van der Waals surface area contributed by atoms with Crippen LogP contribution in [0.15, 0.2) is 71.7 Å². The standard InChI is InChI=1S/C24H21NO5/c1-16-13-19(24(28)29-2)11-12-21(16)25-14-20-5-3-4-6-22(20)30-15-17-7-9-18(10-8-17)23(26)27/h3-14H,15H2,1-2H3,(H,26,27). The molecule has 6 nitrogen and oxygen atoms in total. The molecular weight excluding hydrogens is 382 g/mol. The SMILES string of the molecule is COC(=O)c1ccc(N=Cc2ccccc2OCc2ccc(C(=O)O)cc2)c(C)c1. The first-order chi connectivity index (χ1) is 14.5. The Morgan fingerprint density at radius 3 is 2.37 bits per heavy atom. The summed E-state index contributed by atoms with van der Waals surface area (Å²) in [6.45, 7) is 2.18. The Labute approximate surface area is 174 Å². The van der Waals surface area contributed by atoms with Crippen molar-refractivity contribution >= 4 is 23.8 Å². The summed E-state index contributed by atoms with van der Waals surface area (Å²) in [6, 6.07) is 19.2. The maximum absolute atomic E-state index is 11.6. The van der Waals surface area contributed by atoms with Gasteiger partial charge in [0.15, 0.2) is 0 Å². The van der Waals surface area contributed by atoms with Gasteiger partial charge in [0.1, 0.15) is 12.4 Å². The van der Waals surface area contributed by atoms with Gasteiger partial charge in [0.05, 0.1) is 23.9 Å². The Morgan fingerprint density at radius 1 is 1.00 bits per heavy atom. The monoisotopic (exact) mass is 403 g/mol. The maximum Gasteiger partial charge on any atom is 0.337 e. The lowest BCUT2D eigenvalue weighted by Crippen LogP contribution is -2.01. The number of hydrogen-bond acceptors (Lipinski definition) is 5. The highest BCUT2D eigenvalue weighted by molar-refractivity contribution is 5.91. The number of ether oxygens (including phenoxy) is 2. The molecule has 0 saturated carbocycles. The van der Waals surface area contributed by atoms with E-state index in [1.54, 1.807) is 48.7 Å². The average Bonchev–Trinajstić information content (AvgIpc) is 2.77. The Bertz CT molecular complexity index is 1090. The maximum atomic E-state index is 11.6. The fourth-order valence-electron chi connectivity index (χ4n) is 2.81. The van der Waals surface area contributed by atoms with Crippen LogP contribution in [0.25, 0.3) is 0 Å². The summed E-state index contributed by atoms with van der Waals surface area (Å²) < 4.78 is 10.6. The van der Waals surface area contributed by atoms with Crippen LogP contribution in [-0.2, 0) is 11.3 Å². The van der Waals surface area contributed by atoms with Crippen LogP contribution >= 0.6 is 0 Å². The molecule has 3 aromatic rings. The lowest BCUT2D eigenvalue weighted by molar-refractivity contribution is 0.0599. The number of esters is 1. The van der Waals surface area contributed by atoms with E-state index in [2.05, 4.69) is 4.99 Å². The summed E-state index contributed by atoms with van der Waals surface area (Å²) in [7, 11) is 1.35. The van der Waals surface area contributed by atoms with Crippen molar-refractivity contribution in [2.45, 2.75) is 13.5 Å². The number of benzene rings is 3. The first kappa shape index (κ1) is 20.8. The molecule has 0 bridgehead atoms. The third-order valence-corrected chi connectivity index (χ3v) is 4.47. The van der Waals surface area contributed by atoms with E-state index in [9.17, 15) is 9.59 Å². The molecule has 3 rings (SSSR count). The van der Waals surface area contributed by atoms with Gasteiger partial charge in [-0.15, -0.1) is 0 Å². The second-order valence-electron chi connectivity index (χ2n) is 6.58. The van der Waals surface area contributed by atoms with Crippen LogP contribution in [0.2, 0.25) is 0 Å². The minimum atomic E-state index is -0.959. The first-order valence-corrected chi connectivity index (χ1v) is 9.25. The van der Waals surface area contributed by atoms with Crippen LogP contribution in [0.4, 0.5) is 5.69 Å². The molecule has 152 valence electrons. The van der Waals surface area contributed by atoms with Gasteiger partial charge < -0.3 is 14.6 Å². The number of hydrogen-bond donors (Lipinski definition) is 1. The normalized spacial score (nSPS) is 10.7. The number of nitrogens with zero attached hydrogens (tertiary/aromatic N) is 1. The van der Waals surface area contributed by atoms with Crippen LogP contribution in [0, 0.1) is 6.92 Å². The predicted octanol–water partition coefficient (Wildman–Crippen LogP) is 4.81. The van der Waals surface area contributed by atoms with Crippen LogP contribution in [0.1, 0.15) is 37.4 Å². The molecule has 3 aromatic carbocycles. The van der Waals surface area contributed by atoms with Gasteiger partial charge in [-0.3, -0.25) is 4.99 Å². The van der Waals surface area contributed by atoms with Gasteiger partial charge in [-0.25, -0.2) is 9.59 Å². The Morgan fingerprint density at radius 2 is 1.70 bits per heavy atom. The molecule has 0 radical (unpaired) electrons. The summed E-state index contributed by atoms with van der Waals surface area (Å²) in [6.07, 6.45) is 1.71. The molecule has 0 aliphatic rings. The zero-order valence-corrected chi connectivity index (χ0v) is 16.7. The highest BCUT2D eigenvalue weighted by Crippen LogP contribution is 2.23. The number of aromatic carboxylic acids is 1. The predicted molar refractivity (Wildman–Crippen MR) is 114 cm³/mol. The topological polar surface area (TPSA) is 85.2 Å². The fraction of sp³-hybridized carbons (Fsp3) is 0.125. The minimum absolute atomic E-state index is 0.236. The zero-order valence-electron chi connectivity index (χ0n) is 16.7.